The Kier molecular flexibility index (Phi) is 7.89. The van der Waals surface area contributed by atoms with Crippen LogP contribution in [0.5, 0.6) is 0 Å². The first-order valence-corrected chi connectivity index (χ1v) is 9.94. The second-order valence-corrected chi connectivity index (χ2v) is 7.69. The van der Waals surface area contributed by atoms with Gasteiger partial charge in [0.25, 0.3) is 0 Å². The van der Waals surface area contributed by atoms with Gasteiger partial charge in [-0.3, -0.25) is 9.48 Å². The molecule has 0 saturated heterocycles. The van der Waals surface area contributed by atoms with Gasteiger partial charge in [-0.15, -0.1) is 0 Å². The molecule has 148 valence electrons. The molecule has 1 amide bonds. The number of rotatable bonds is 10. The molecule has 0 unspecified atom stereocenters. The minimum atomic E-state index is 0.118. The molecule has 1 heterocycles. The van der Waals surface area contributed by atoms with Crippen molar-refractivity contribution in [2.75, 3.05) is 25.0 Å². The Labute approximate surface area is 163 Å². The second kappa shape index (κ2) is 10.1. The zero-order chi connectivity index (χ0) is 19.8. The topological polar surface area (TPSA) is 50.2 Å². The number of anilines is 1. The Balaban J connectivity index is 1.71. The van der Waals surface area contributed by atoms with E-state index < -0.39 is 0 Å². The van der Waals surface area contributed by atoms with Gasteiger partial charge in [0, 0.05) is 44.5 Å². The van der Waals surface area contributed by atoms with Crippen LogP contribution in [0.25, 0.3) is 0 Å². The number of aromatic nitrogens is 2. The van der Waals surface area contributed by atoms with Gasteiger partial charge in [0.05, 0.1) is 5.69 Å². The summed E-state index contributed by atoms with van der Waals surface area (Å²) >= 11 is 0. The Morgan fingerprint density at radius 1 is 1.22 bits per heavy atom. The molecule has 5 heteroatoms. The van der Waals surface area contributed by atoms with Crippen molar-refractivity contribution in [3.05, 3.63) is 47.3 Å². The van der Waals surface area contributed by atoms with E-state index in [0.29, 0.717) is 18.9 Å². The first kappa shape index (κ1) is 21.0. The van der Waals surface area contributed by atoms with Crippen LogP contribution in [0.2, 0.25) is 0 Å². The maximum Gasteiger partial charge on any atom is 0.220 e. The summed E-state index contributed by atoms with van der Waals surface area (Å²) in [4.78, 5) is 14.4. The first-order chi connectivity index (χ1) is 12.9. The number of nitrogens with zero attached hydrogens (tertiary/aromatic N) is 3. The lowest BCUT2D eigenvalue weighted by atomic mass is 10.1. The van der Waals surface area contributed by atoms with E-state index in [0.717, 1.165) is 31.6 Å². The summed E-state index contributed by atoms with van der Waals surface area (Å²) in [6.07, 6.45) is 2.20. The molecular weight excluding hydrogens is 336 g/mol. The Bertz CT molecular complexity index is 721. The van der Waals surface area contributed by atoms with Gasteiger partial charge in [0.15, 0.2) is 0 Å². The number of carbonyl (C=O) groups is 1. The highest BCUT2D eigenvalue weighted by Crippen LogP contribution is 2.16. The van der Waals surface area contributed by atoms with Crippen LogP contribution in [0.15, 0.2) is 30.3 Å². The maximum atomic E-state index is 12.2. The predicted octanol–water partition coefficient (Wildman–Crippen LogP) is 3.73. The van der Waals surface area contributed by atoms with Gasteiger partial charge in [-0.2, -0.15) is 5.10 Å². The van der Waals surface area contributed by atoms with Gasteiger partial charge in [-0.1, -0.05) is 32.0 Å². The normalized spacial score (nSPS) is 11.0. The van der Waals surface area contributed by atoms with E-state index in [1.165, 1.54) is 16.9 Å². The lowest BCUT2D eigenvalue weighted by Crippen LogP contribution is -2.28. The van der Waals surface area contributed by atoms with Crippen molar-refractivity contribution >= 4 is 11.6 Å². The van der Waals surface area contributed by atoms with Gasteiger partial charge in [0.1, 0.15) is 0 Å². The van der Waals surface area contributed by atoms with Crippen LogP contribution in [0.3, 0.4) is 0 Å². The second-order valence-electron chi connectivity index (χ2n) is 7.69. The molecule has 0 aliphatic rings. The number of carbonyl (C=O) groups excluding carboxylic acids is 1. The fourth-order valence-electron chi connectivity index (χ4n) is 3.30. The van der Waals surface area contributed by atoms with Crippen molar-refractivity contribution in [2.24, 2.45) is 5.92 Å². The van der Waals surface area contributed by atoms with E-state index in [9.17, 15) is 4.79 Å². The number of benzene rings is 1. The van der Waals surface area contributed by atoms with Crippen molar-refractivity contribution in [3.63, 3.8) is 0 Å². The van der Waals surface area contributed by atoms with Crippen LogP contribution in [-0.4, -0.2) is 35.8 Å². The lowest BCUT2D eigenvalue weighted by molar-refractivity contribution is -0.121. The predicted molar refractivity (Wildman–Crippen MR) is 112 cm³/mol. The molecule has 0 saturated carbocycles. The van der Waals surface area contributed by atoms with Crippen LogP contribution in [0.4, 0.5) is 5.69 Å². The molecule has 2 aromatic rings. The third kappa shape index (κ3) is 6.42. The maximum absolute atomic E-state index is 12.2. The lowest BCUT2D eigenvalue weighted by Gasteiger charge is -2.19. The average Bonchev–Trinajstić information content (AvgIpc) is 2.90. The molecule has 0 spiro atoms. The SMILES string of the molecule is Cc1nn(CC(C)C)c(C)c1CCC(=O)NCCCN(C)c1ccccc1. The van der Waals surface area contributed by atoms with Gasteiger partial charge in [0.2, 0.25) is 5.91 Å². The molecule has 0 atom stereocenters. The third-order valence-corrected chi connectivity index (χ3v) is 4.86. The highest BCUT2D eigenvalue weighted by atomic mass is 16.1. The minimum Gasteiger partial charge on any atom is -0.375 e. The summed E-state index contributed by atoms with van der Waals surface area (Å²) in [5, 5.41) is 7.68. The minimum absolute atomic E-state index is 0.118. The van der Waals surface area contributed by atoms with Crippen molar-refractivity contribution in [3.8, 4) is 0 Å². The molecule has 2 rings (SSSR count). The van der Waals surface area contributed by atoms with Crippen LogP contribution < -0.4 is 10.2 Å². The highest BCUT2D eigenvalue weighted by molar-refractivity contribution is 5.76. The molecule has 0 bridgehead atoms. The summed E-state index contributed by atoms with van der Waals surface area (Å²) in [7, 11) is 2.08. The van der Waals surface area contributed by atoms with Crippen molar-refractivity contribution < 1.29 is 4.79 Å². The van der Waals surface area contributed by atoms with Gasteiger partial charge >= 0.3 is 0 Å². The number of hydrogen-bond acceptors (Lipinski definition) is 3. The number of para-hydroxylation sites is 1. The average molecular weight is 371 g/mol. The quantitative estimate of drug-likeness (QED) is 0.648. The fraction of sp³-hybridized carbons (Fsp3) is 0.545. The Morgan fingerprint density at radius 2 is 1.93 bits per heavy atom. The first-order valence-electron chi connectivity index (χ1n) is 9.94. The number of aryl methyl sites for hydroxylation is 1. The van der Waals surface area contributed by atoms with Crippen molar-refractivity contribution in [2.45, 2.75) is 53.5 Å². The monoisotopic (exact) mass is 370 g/mol. The van der Waals surface area contributed by atoms with Gasteiger partial charge in [-0.05, 0) is 50.3 Å². The van der Waals surface area contributed by atoms with Crippen LogP contribution in [0.1, 0.15) is 43.6 Å². The molecule has 0 aliphatic heterocycles. The van der Waals surface area contributed by atoms with E-state index in [2.05, 4.69) is 59.9 Å². The Hall–Kier alpha value is -2.30. The Morgan fingerprint density at radius 3 is 2.59 bits per heavy atom. The van der Waals surface area contributed by atoms with Crippen molar-refractivity contribution in [1.29, 1.82) is 0 Å². The van der Waals surface area contributed by atoms with E-state index in [1.54, 1.807) is 0 Å². The largest absolute Gasteiger partial charge is 0.375 e. The van der Waals surface area contributed by atoms with Crippen molar-refractivity contribution in [1.82, 2.24) is 15.1 Å². The number of hydrogen-bond donors (Lipinski definition) is 1. The summed E-state index contributed by atoms with van der Waals surface area (Å²) < 4.78 is 2.08. The number of amides is 1. The molecule has 0 fully saturated rings. The molecule has 1 aromatic carbocycles. The standard InChI is InChI=1S/C22H34N4O/c1-17(2)16-26-19(4)21(18(3)24-26)12-13-22(27)23-14-9-15-25(5)20-10-7-6-8-11-20/h6-8,10-11,17H,9,12-16H2,1-5H3,(H,23,27). The van der Waals surface area contributed by atoms with Gasteiger partial charge < -0.3 is 10.2 Å². The molecule has 1 aromatic heterocycles. The van der Waals surface area contributed by atoms with Crippen LogP contribution in [0, 0.1) is 19.8 Å². The number of nitrogens with one attached hydrogen (secondary N) is 1. The summed E-state index contributed by atoms with van der Waals surface area (Å²) in [6, 6.07) is 10.3. The summed E-state index contributed by atoms with van der Waals surface area (Å²) in [5.41, 5.74) is 4.66. The van der Waals surface area contributed by atoms with Crippen LogP contribution in [-0.2, 0) is 17.8 Å². The molecular formula is C22H34N4O. The fourth-order valence-corrected chi connectivity index (χ4v) is 3.30. The smallest absolute Gasteiger partial charge is 0.220 e. The molecule has 0 radical (unpaired) electrons. The van der Waals surface area contributed by atoms with Gasteiger partial charge in [-0.25, -0.2) is 0 Å². The molecule has 5 nitrogen and oxygen atoms in total. The molecule has 1 N–H and O–H groups in total. The highest BCUT2D eigenvalue weighted by Gasteiger charge is 2.13. The summed E-state index contributed by atoms with van der Waals surface area (Å²) in [5.74, 6) is 0.681. The third-order valence-electron chi connectivity index (χ3n) is 4.86. The van der Waals surface area contributed by atoms with Crippen LogP contribution >= 0.6 is 0 Å². The van der Waals surface area contributed by atoms with E-state index in [1.807, 2.05) is 25.1 Å². The molecule has 27 heavy (non-hydrogen) atoms. The van der Waals surface area contributed by atoms with E-state index in [4.69, 9.17) is 0 Å². The summed E-state index contributed by atoms with van der Waals surface area (Å²) in [6.45, 7) is 11.1. The van der Waals surface area contributed by atoms with E-state index >= 15 is 0 Å². The molecule has 0 aliphatic carbocycles. The zero-order valence-electron chi connectivity index (χ0n) is 17.5. The zero-order valence-corrected chi connectivity index (χ0v) is 17.5. The van der Waals surface area contributed by atoms with E-state index in [-0.39, 0.29) is 5.91 Å².